The Balaban J connectivity index is 1.69. The third-order valence-corrected chi connectivity index (χ3v) is 4.59. The van der Waals surface area contributed by atoms with E-state index in [9.17, 15) is 0 Å². The highest BCUT2D eigenvalue weighted by Gasteiger charge is 2.22. The van der Waals surface area contributed by atoms with E-state index in [0.717, 1.165) is 28.5 Å². The zero-order valence-corrected chi connectivity index (χ0v) is 13.4. The summed E-state index contributed by atoms with van der Waals surface area (Å²) >= 11 is 1.73. The van der Waals surface area contributed by atoms with E-state index in [1.807, 2.05) is 24.3 Å². The molecule has 1 aliphatic heterocycles. The van der Waals surface area contributed by atoms with Crippen molar-refractivity contribution in [3.8, 4) is 11.5 Å². The molecule has 0 aromatic heterocycles. The van der Waals surface area contributed by atoms with Crippen LogP contribution in [0.1, 0.15) is 16.5 Å². The highest BCUT2D eigenvalue weighted by molar-refractivity contribution is 8.14. The summed E-state index contributed by atoms with van der Waals surface area (Å²) in [5.74, 6) is 1.47. The second-order valence-corrected chi connectivity index (χ2v) is 6.09. The Hall–Kier alpha value is -2.14. The number of nitrogens with one attached hydrogen (secondary N) is 1. The number of methoxy groups -OCH3 is 2. The Morgan fingerprint density at radius 2 is 1.82 bits per heavy atom. The molecular formula is C17H18N2O2S. The lowest BCUT2D eigenvalue weighted by atomic mass is 10.2. The van der Waals surface area contributed by atoms with Gasteiger partial charge in [0.2, 0.25) is 0 Å². The molecule has 2 aromatic carbocycles. The molecule has 0 aliphatic carbocycles. The minimum atomic E-state index is 0.110. The number of hydrazone groups is 1. The summed E-state index contributed by atoms with van der Waals surface area (Å²) in [6, 6.07) is 16.3. The minimum Gasteiger partial charge on any atom is -0.493 e. The fourth-order valence-electron chi connectivity index (χ4n) is 2.33. The molecule has 0 saturated carbocycles. The lowest BCUT2D eigenvalue weighted by Crippen LogP contribution is -2.07. The van der Waals surface area contributed by atoms with E-state index >= 15 is 0 Å². The Bertz CT molecular complexity index is 674. The first-order chi connectivity index (χ1) is 10.8. The molecule has 1 heterocycles. The van der Waals surface area contributed by atoms with Gasteiger partial charge in [-0.1, -0.05) is 48.2 Å². The second kappa shape index (κ2) is 6.75. The standard InChI is InChI=1S/C17H18N2O2S/c1-20-14-9-8-13(11-15(14)21-2)17-19-18-16(22-17)10-12-6-4-3-5-7-12/h3-9,11,17,19H,10H2,1-2H3/t17-/m0/s1. The van der Waals surface area contributed by atoms with E-state index in [0.29, 0.717) is 0 Å². The smallest absolute Gasteiger partial charge is 0.161 e. The Labute approximate surface area is 134 Å². The van der Waals surface area contributed by atoms with Crippen molar-refractivity contribution >= 4 is 16.8 Å². The summed E-state index contributed by atoms with van der Waals surface area (Å²) in [5.41, 5.74) is 5.57. The zero-order chi connectivity index (χ0) is 15.4. The summed E-state index contributed by atoms with van der Waals surface area (Å²) in [7, 11) is 3.29. The molecule has 4 nitrogen and oxygen atoms in total. The fourth-order valence-corrected chi connectivity index (χ4v) is 3.35. The molecular weight excluding hydrogens is 296 g/mol. The molecule has 1 atom stereocenters. The Morgan fingerprint density at radius 3 is 2.55 bits per heavy atom. The number of thioether (sulfide) groups is 1. The number of nitrogens with zero attached hydrogens (tertiary/aromatic N) is 1. The quantitative estimate of drug-likeness (QED) is 0.916. The van der Waals surface area contributed by atoms with E-state index in [4.69, 9.17) is 9.47 Å². The van der Waals surface area contributed by atoms with Crippen LogP contribution in [0.5, 0.6) is 11.5 Å². The summed E-state index contributed by atoms with van der Waals surface area (Å²) in [6.45, 7) is 0. The average molecular weight is 314 g/mol. The van der Waals surface area contributed by atoms with Gasteiger partial charge in [-0.05, 0) is 23.3 Å². The van der Waals surface area contributed by atoms with E-state index in [2.05, 4.69) is 34.8 Å². The van der Waals surface area contributed by atoms with Crippen LogP contribution in [0.3, 0.4) is 0 Å². The minimum absolute atomic E-state index is 0.110. The molecule has 5 heteroatoms. The predicted octanol–water partition coefficient (Wildman–Crippen LogP) is 3.60. The summed E-state index contributed by atoms with van der Waals surface area (Å²) in [4.78, 5) is 0. The molecule has 0 amide bonds. The maximum absolute atomic E-state index is 5.36. The normalized spacial score (nSPS) is 16.8. The second-order valence-electron chi connectivity index (χ2n) is 4.91. The number of hydrogen-bond donors (Lipinski definition) is 1. The lowest BCUT2D eigenvalue weighted by molar-refractivity contribution is 0.354. The maximum Gasteiger partial charge on any atom is 0.161 e. The van der Waals surface area contributed by atoms with Crippen molar-refractivity contribution in [1.29, 1.82) is 0 Å². The van der Waals surface area contributed by atoms with E-state index in [-0.39, 0.29) is 5.37 Å². The van der Waals surface area contributed by atoms with Gasteiger partial charge in [-0.25, -0.2) is 0 Å². The molecule has 0 saturated heterocycles. The average Bonchev–Trinajstić information content (AvgIpc) is 3.03. The van der Waals surface area contributed by atoms with Gasteiger partial charge < -0.3 is 9.47 Å². The molecule has 0 unspecified atom stereocenters. The van der Waals surface area contributed by atoms with Gasteiger partial charge in [-0.3, -0.25) is 5.43 Å². The maximum atomic E-state index is 5.36. The summed E-state index contributed by atoms with van der Waals surface area (Å²) < 4.78 is 10.6. The third kappa shape index (κ3) is 3.20. The van der Waals surface area contributed by atoms with Crippen LogP contribution >= 0.6 is 11.8 Å². The first-order valence-electron chi connectivity index (χ1n) is 7.04. The van der Waals surface area contributed by atoms with Gasteiger partial charge in [-0.15, -0.1) is 0 Å². The van der Waals surface area contributed by atoms with Crippen molar-refractivity contribution in [2.24, 2.45) is 5.10 Å². The Kier molecular flexibility index (Phi) is 4.53. The molecule has 0 radical (unpaired) electrons. The van der Waals surface area contributed by atoms with Crippen LogP contribution in [0.2, 0.25) is 0 Å². The van der Waals surface area contributed by atoms with Crippen LogP contribution in [0.25, 0.3) is 0 Å². The summed E-state index contributed by atoms with van der Waals surface area (Å²) in [6.07, 6.45) is 0.850. The van der Waals surface area contributed by atoms with Gasteiger partial charge in [0.25, 0.3) is 0 Å². The molecule has 114 valence electrons. The largest absolute Gasteiger partial charge is 0.493 e. The SMILES string of the molecule is COc1ccc([C@H]2NN=C(Cc3ccccc3)S2)cc1OC. The first-order valence-corrected chi connectivity index (χ1v) is 7.92. The van der Waals surface area contributed by atoms with Crippen molar-refractivity contribution in [2.45, 2.75) is 11.8 Å². The molecule has 1 N–H and O–H groups in total. The van der Waals surface area contributed by atoms with E-state index < -0.39 is 0 Å². The van der Waals surface area contributed by atoms with Crippen molar-refractivity contribution < 1.29 is 9.47 Å². The van der Waals surface area contributed by atoms with Crippen LogP contribution in [0.15, 0.2) is 53.6 Å². The van der Waals surface area contributed by atoms with Gasteiger partial charge in [-0.2, -0.15) is 5.10 Å². The van der Waals surface area contributed by atoms with Crippen LogP contribution in [0, 0.1) is 0 Å². The molecule has 3 rings (SSSR count). The number of ether oxygens (including phenoxy) is 2. The van der Waals surface area contributed by atoms with Crippen molar-refractivity contribution in [3.05, 3.63) is 59.7 Å². The van der Waals surface area contributed by atoms with Gasteiger partial charge in [0.15, 0.2) is 11.5 Å². The zero-order valence-electron chi connectivity index (χ0n) is 12.6. The molecule has 1 aliphatic rings. The number of hydrogen-bond acceptors (Lipinski definition) is 5. The van der Waals surface area contributed by atoms with Gasteiger partial charge in [0.1, 0.15) is 5.37 Å². The lowest BCUT2D eigenvalue weighted by Gasteiger charge is -2.13. The van der Waals surface area contributed by atoms with Crippen LogP contribution in [-0.2, 0) is 6.42 Å². The van der Waals surface area contributed by atoms with Gasteiger partial charge in [0, 0.05) is 6.42 Å². The monoisotopic (exact) mass is 314 g/mol. The predicted molar refractivity (Wildman–Crippen MR) is 90.6 cm³/mol. The van der Waals surface area contributed by atoms with Crippen LogP contribution < -0.4 is 14.9 Å². The van der Waals surface area contributed by atoms with Gasteiger partial charge >= 0.3 is 0 Å². The Morgan fingerprint density at radius 1 is 1.05 bits per heavy atom. The topological polar surface area (TPSA) is 42.8 Å². The first kappa shape index (κ1) is 14.8. The third-order valence-electron chi connectivity index (χ3n) is 3.47. The van der Waals surface area contributed by atoms with Crippen LogP contribution in [0.4, 0.5) is 0 Å². The molecule has 0 bridgehead atoms. The fraction of sp³-hybridized carbons (Fsp3) is 0.235. The molecule has 22 heavy (non-hydrogen) atoms. The molecule has 0 fully saturated rings. The van der Waals surface area contributed by atoms with E-state index in [1.54, 1.807) is 26.0 Å². The van der Waals surface area contributed by atoms with Crippen molar-refractivity contribution in [3.63, 3.8) is 0 Å². The summed E-state index contributed by atoms with van der Waals surface area (Å²) in [5, 5.41) is 5.64. The van der Waals surface area contributed by atoms with Crippen molar-refractivity contribution in [2.75, 3.05) is 14.2 Å². The van der Waals surface area contributed by atoms with Crippen LogP contribution in [-0.4, -0.2) is 19.3 Å². The van der Waals surface area contributed by atoms with Gasteiger partial charge in [0.05, 0.1) is 19.3 Å². The van der Waals surface area contributed by atoms with E-state index in [1.165, 1.54) is 5.56 Å². The van der Waals surface area contributed by atoms with Crippen molar-refractivity contribution in [1.82, 2.24) is 5.43 Å². The molecule has 0 spiro atoms. The number of rotatable bonds is 5. The highest BCUT2D eigenvalue weighted by atomic mass is 32.2. The number of benzene rings is 2. The highest BCUT2D eigenvalue weighted by Crippen LogP contribution is 2.37. The molecule has 2 aromatic rings.